The van der Waals surface area contributed by atoms with E-state index >= 15 is 0 Å². The normalized spacial score (nSPS) is 11.7. The molecule has 0 heterocycles. The lowest BCUT2D eigenvalue weighted by Gasteiger charge is -2.20. The minimum Gasteiger partial charge on any atom is -0.497 e. The summed E-state index contributed by atoms with van der Waals surface area (Å²) in [6.45, 7) is 0.627. The van der Waals surface area contributed by atoms with Crippen molar-refractivity contribution in [1.29, 1.82) is 0 Å². The minimum absolute atomic E-state index is 0.148. The second-order valence-corrected chi connectivity index (χ2v) is 7.33. The lowest BCUT2D eigenvalue weighted by atomic mass is 10.1. The van der Waals surface area contributed by atoms with Crippen LogP contribution in [0.25, 0.3) is 11.1 Å². The molecule has 1 atom stereocenters. The summed E-state index contributed by atoms with van der Waals surface area (Å²) in [7, 11) is 3.38. The first-order valence-electron chi connectivity index (χ1n) is 10.1. The summed E-state index contributed by atoms with van der Waals surface area (Å²) in [5.74, 6) is 1.27. The SMILES string of the molecule is COc1ccc(NC(=O)CN(C)CC(O)COc2ccc(-c3ccccc3)cc2)cc1. The van der Waals surface area contributed by atoms with Crippen LogP contribution in [0.5, 0.6) is 11.5 Å². The van der Waals surface area contributed by atoms with Crippen molar-refractivity contribution in [1.82, 2.24) is 4.90 Å². The highest BCUT2D eigenvalue weighted by molar-refractivity contribution is 5.92. The van der Waals surface area contributed by atoms with Crippen LogP contribution < -0.4 is 14.8 Å². The number of hydrogen-bond donors (Lipinski definition) is 2. The predicted molar refractivity (Wildman–Crippen MR) is 123 cm³/mol. The number of nitrogens with zero attached hydrogens (tertiary/aromatic N) is 1. The van der Waals surface area contributed by atoms with Gasteiger partial charge in [0.2, 0.25) is 5.91 Å². The maximum atomic E-state index is 12.2. The molecule has 2 N–H and O–H groups in total. The van der Waals surface area contributed by atoms with Crippen LogP contribution in [0.3, 0.4) is 0 Å². The molecule has 0 radical (unpaired) electrons. The molecule has 3 aromatic carbocycles. The van der Waals surface area contributed by atoms with E-state index in [0.717, 1.165) is 16.9 Å². The first-order valence-corrected chi connectivity index (χ1v) is 10.1. The number of hydrogen-bond acceptors (Lipinski definition) is 5. The molecule has 1 amide bonds. The van der Waals surface area contributed by atoms with E-state index in [0.29, 0.717) is 18.0 Å². The van der Waals surface area contributed by atoms with Crippen molar-refractivity contribution in [3.8, 4) is 22.6 Å². The number of methoxy groups -OCH3 is 1. The first kappa shape index (κ1) is 22.3. The van der Waals surface area contributed by atoms with Crippen LogP contribution in [0.4, 0.5) is 5.69 Å². The maximum Gasteiger partial charge on any atom is 0.238 e. The third-order valence-electron chi connectivity index (χ3n) is 4.71. The van der Waals surface area contributed by atoms with Gasteiger partial charge >= 0.3 is 0 Å². The smallest absolute Gasteiger partial charge is 0.238 e. The van der Waals surface area contributed by atoms with Gasteiger partial charge in [0.25, 0.3) is 0 Å². The number of anilines is 1. The fourth-order valence-corrected chi connectivity index (χ4v) is 3.16. The number of aliphatic hydroxyl groups is 1. The monoisotopic (exact) mass is 420 g/mol. The number of benzene rings is 3. The quantitative estimate of drug-likeness (QED) is 0.524. The van der Waals surface area contributed by atoms with Gasteiger partial charge < -0.3 is 19.9 Å². The molecule has 0 aromatic heterocycles. The molecule has 1 unspecified atom stereocenters. The zero-order valence-electron chi connectivity index (χ0n) is 17.8. The van der Waals surface area contributed by atoms with E-state index in [-0.39, 0.29) is 19.1 Å². The molecule has 31 heavy (non-hydrogen) atoms. The Morgan fingerprint density at radius 3 is 2.19 bits per heavy atom. The molecule has 162 valence electrons. The molecule has 0 saturated carbocycles. The van der Waals surface area contributed by atoms with Crippen LogP contribution in [-0.2, 0) is 4.79 Å². The van der Waals surface area contributed by atoms with Crippen LogP contribution in [0.2, 0.25) is 0 Å². The van der Waals surface area contributed by atoms with Gasteiger partial charge in [0.15, 0.2) is 0 Å². The summed E-state index contributed by atoms with van der Waals surface area (Å²) < 4.78 is 10.8. The topological polar surface area (TPSA) is 71.0 Å². The number of likely N-dealkylation sites (N-methyl/N-ethyl adjacent to an activating group) is 1. The Balaban J connectivity index is 1.40. The molecule has 0 aliphatic rings. The molecular formula is C25H28N2O4. The zero-order valence-corrected chi connectivity index (χ0v) is 17.8. The number of amides is 1. The Labute approximate surface area is 183 Å². The Bertz CT molecular complexity index is 944. The van der Waals surface area contributed by atoms with Gasteiger partial charge in [-0.15, -0.1) is 0 Å². The van der Waals surface area contributed by atoms with Crippen molar-refractivity contribution >= 4 is 11.6 Å². The van der Waals surface area contributed by atoms with Gasteiger partial charge in [-0.05, 0) is 54.6 Å². The standard InChI is InChI=1S/C25H28N2O4/c1-27(17-25(29)26-21-10-14-23(30-2)15-11-21)16-22(28)18-31-24-12-8-20(9-13-24)19-6-4-3-5-7-19/h3-15,22,28H,16-18H2,1-2H3,(H,26,29). The second kappa shape index (κ2) is 11.2. The molecule has 3 rings (SSSR count). The average molecular weight is 421 g/mol. The van der Waals surface area contributed by atoms with Gasteiger partial charge in [-0.25, -0.2) is 0 Å². The minimum atomic E-state index is -0.715. The zero-order chi connectivity index (χ0) is 22.1. The van der Waals surface area contributed by atoms with E-state index in [1.807, 2.05) is 42.5 Å². The van der Waals surface area contributed by atoms with E-state index < -0.39 is 6.10 Å². The highest BCUT2D eigenvalue weighted by Crippen LogP contribution is 2.22. The number of carbonyl (C=O) groups excluding carboxylic acids is 1. The van der Waals surface area contributed by atoms with E-state index in [4.69, 9.17) is 9.47 Å². The van der Waals surface area contributed by atoms with E-state index in [2.05, 4.69) is 17.4 Å². The van der Waals surface area contributed by atoms with Crippen LogP contribution >= 0.6 is 0 Å². The van der Waals surface area contributed by atoms with Gasteiger partial charge in [-0.3, -0.25) is 9.69 Å². The summed E-state index contributed by atoms with van der Waals surface area (Å²) >= 11 is 0. The predicted octanol–water partition coefficient (Wildman–Crippen LogP) is 3.67. The molecule has 6 nitrogen and oxygen atoms in total. The number of ether oxygens (including phenoxy) is 2. The average Bonchev–Trinajstić information content (AvgIpc) is 2.79. The summed E-state index contributed by atoms with van der Waals surface area (Å²) in [5, 5.41) is 13.1. The van der Waals surface area contributed by atoms with E-state index in [9.17, 15) is 9.90 Å². The summed E-state index contributed by atoms with van der Waals surface area (Å²) in [4.78, 5) is 13.9. The Hall–Kier alpha value is -3.35. The third kappa shape index (κ3) is 7.13. The van der Waals surface area contributed by atoms with Crippen molar-refractivity contribution < 1.29 is 19.4 Å². The summed E-state index contributed by atoms with van der Waals surface area (Å²) in [6.07, 6.45) is -0.715. The largest absolute Gasteiger partial charge is 0.497 e. The van der Waals surface area contributed by atoms with Crippen LogP contribution in [0.15, 0.2) is 78.9 Å². The third-order valence-corrected chi connectivity index (χ3v) is 4.71. The summed E-state index contributed by atoms with van der Waals surface area (Å²) in [5.41, 5.74) is 2.95. The molecule has 0 aliphatic heterocycles. The van der Waals surface area contributed by atoms with Gasteiger partial charge in [-0.2, -0.15) is 0 Å². The van der Waals surface area contributed by atoms with Crippen LogP contribution in [0.1, 0.15) is 0 Å². The Morgan fingerprint density at radius 1 is 0.935 bits per heavy atom. The highest BCUT2D eigenvalue weighted by Gasteiger charge is 2.13. The maximum absolute atomic E-state index is 12.2. The Morgan fingerprint density at radius 2 is 1.55 bits per heavy atom. The van der Waals surface area contributed by atoms with Crippen LogP contribution in [0, 0.1) is 0 Å². The Kier molecular flexibility index (Phi) is 8.04. The van der Waals surface area contributed by atoms with Gasteiger partial charge in [-0.1, -0.05) is 42.5 Å². The van der Waals surface area contributed by atoms with Crippen LogP contribution in [-0.4, -0.2) is 55.9 Å². The molecule has 0 saturated heterocycles. The molecule has 3 aromatic rings. The van der Waals surface area contributed by atoms with Crippen molar-refractivity contribution in [2.24, 2.45) is 0 Å². The number of nitrogens with one attached hydrogen (secondary N) is 1. The van der Waals surface area contributed by atoms with Gasteiger partial charge in [0.1, 0.15) is 24.2 Å². The highest BCUT2D eigenvalue weighted by atomic mass is 16.5. The van der Waals surface area contributed by atoms with Crippen molar-refractivity contribution in [3.63, 3.8) is 0 Å². The lowest BCUT2D eigenvalue weighted by Crippen LogP contribution is -2.37. The molecule has 6 heteroatoms. The summed E-state index contributed by atoms with van der Waals surface area (Å²) in [6, 6.07) is 25.0. The van der Waals surface area contributed by atoms with Crippen molar-refractivity contribution in [2.45, 2.75) is 6.10 Å². The lowest BCUT2D eigenvalue weighted by molar-refractivity contribution is -0.117. The molecule has 0 bridgehead atoms. The fraction of sp³-hybridized carbons (Fsp3) is 0.240. The second-order valence-electron chi connectivity index (χ2n) is 7.33. The fourth-order valence-electron chi connectivity index (χ4n) is 3.16. The molecular weight excluding hydrogens is 392 g/mol. The number of carbonyl (C=O) groups is 1. The van der Waals surface area contributed by atoms with Gasteiger partial charge in [0, 0.05) is 12.2 Å². The van der Waals surface area contributed by atoms with E-state index in [1.165, 1.54) is 0 Å². The van der Waals surface area contributed by atoms with E-state index in [1.54, 1.807) is 43.3 Å². The number of aliphatic hydroxyl groups excluding tert-OH is 1. The van der Waals surface area contributed by atoms with Crippen molar-refractivity contribution in [3.05, 3.63) is 78.9 Å². The molecule has 0 spiro atoms. The van der Waals surface area contributed by atoms with Crippen molar-refractivity contribution in [2.75, 3.05) is 39.2 Å². The first-order chi connectivity index (χ1) is 15.0. The molecule has 0 aliphatic carbocycles. The number of rotatable bonds is 10. The van der Waals surface area contributed by atoms with Gasteiger partial charge in [0.05, 0.1) is 13.7 Å². The molecule has 0 fully saturated rings.